The zero-order chi connectivity index (χ0) is 13.4. The maximum absolute atomic E-state index is 9.75. The second-order valence-electron chi connectivity index (χ2n) is 5.22. The number of benzene rings is 1. The van der Waals surface area contributed by atoms with Crippen LogP contribution >= 0.6 is 0 Å². The summed E-state index contributed by atoms with van der Waals surface area (Å²) in [6, 6.07) is 8.05. The van der Waals surface area contributed by atoms with Gasteiger partial charge in [0.15, 0.2) is 0 Å². The minimum Gasteiger partial charge on any atom is -0.395 e. The lowest BCUT2D eigenvalue weighted by molar-refractivity contribution is 0.106. The molecule has 18 heavy (non-hydrogen) atoms. The molecule has 0 unspecified atom stereocenters. The average molecular weight is 250 g/mol. The smallest absolute Gasteiger partial charge is 0.0550 e. The molecule has 1 aromatic carbocycles. The van der Waals surface area contributed by atoms with Gasteiger partial charge in [-0.25, -0.2) is 0 Å². The van der Waals surface area contributed by atoms with E-state index in [4.69, 9.17) is 0 Å². The van der Waals surface area contributed by atoms with Crippen LogP contribution in [0.15, 0.2) is 24.3 Å². The number of hydrogen-bond acceptors (Lipinski definition) is 2. The Labute approximate surface area is 111 Å². The molecule has 1 aromatic rings. The first-order chi connectivity index (χ1) is 8.70. The highest BCUT2D eigenvalue weighted by molar-refractivity contribution is 5.33. The Bertz CT molecular complexity index is 343. The molecule has 0 radical (unpaired) electrons. The van der Waals surface area contributed by atoms with Crippen LogP contribution in [0.2, 0.25) is 0 Å². The Hall–Kier alpha value is -0.860. The summed E-state index contributed by atoms with van der Waals surface area (Å²) in [5, 5.41) is 19.5. The summed E-state index contributed by atoms with van der Waals surface area (Å²) >= 11 is 0. The summed E-state index contributed by atoms with van der Waals surface area (Å²) in [6.45, 7) is 4.26. The monoisotopic (exact) mass is 250 g/mol. The third-order valence-electron chi connectivity index (χ3n) is 3.83. The molecule has 1 rings (SSSR count). The summed E-state index contributed by atoms with van der Waals surface area (Å²) in [5.74, 6) is 0. The zero-order valence-corrected chi connectivity index (χ0v) is 11.7. The second-order valence-corrected chi connectivity index (χ2v) is 5.22. The summed E-state index contributed by atoms with van der Waals surface area (Å²) in [6.07, 6.45) is 5.51. The summed E-state index contributed by atoms with van der Waals surface area (Å²) < 4.78 is 0. The van der Waals surface area contributed by atoms with Crippen LogP contribution in [0.4, 0.5) is 0 Å². The maximum atomic E-state index is 9.75. The van der Waals surface area contributed by atoms with E-state index >= 15 is 0 Å². The Morgan fingerprint density at radius 2 is 1.67 bits per heavy atom. The standard InChI is InChI=1S/C16H26O2/c1-3-4-5-8-11-16(12-17,13-18)15-10-7-6-9-14(15)2/h6-7,9-10,17-18H,3-5,8,11-13H2,1-2H3. The van der Waals surface area contributed by atoms with Crippen LogP contribution in [0, 0.1) is 6.92 Å². The van der Waals surface area contributed by atoms with Crippen LogP contribution < -0.4 is 0 Å². The van der Waals surface area contributed by atoms with Crippen LogP contribution in [-0.2, 0) is 5.41 Å². The lowest BCUT2D eigenvalue weighted by atomic mass is 9.75. The van der Waals surface area contributed by atoms with Crippen molar-refractivity contribution in [3.05, 3.63) is 35.4 Å². The van der Waals surface area contributed by atoms with E-state index in [1.807, 2.05) is 31.2 Å². The first-order valence-corrected chi connectivity index (χ1v) is 6.98. The lowest BCUT2D eigenvalue weighted by Crippen LogP contribution is -2.35. The Morgan fingerprint density at radius 1 is 1.00 bits per heavy atom. The summed E-state index contributed by atoms with van der Waals surface area (Å²) in [7, 11) is 0. The van der Waals surface area contributed by atoms with Crippen molar-refractivity contribution in [1.29, 1.82) is 0 Å². The van der Waals surface area contributed by atoms with Crippen molar-refractivity contribution >= 4 is 0 Å². The van der Waals surface area contributed by atoms with Crippen molar-refractivity contribution in [3.8, 4) is 0 Å². The number of aliphatic hydroxyl groups excluding tert-OH is 2. The highest BCUT2D eigenvalue weighted by Gasteiger charge is 2.31. The molecule has 102 valence electrons. The number of unbranched alkanes of at least 4 members (excludes halogenated alkanes) is 3. The fraction of sp³-hybridized carbons (Fsp3) is 0.625. The van der Waals surface area contributed by atoms with Crippen LogP contribution in [0.1, 0.15) is 50.2 Å². The molecule has 0 aromatic heterocycles. The van der Waals surface area contributed by atoms with Gasteiger partial charge >= 0.3 is 0 Å². The van der Waals surface area contributed by atoms with Gasteiger partial charge in [-0.1, -0.05) is 56.9 Å². The molecule has 0 saturated heterocycles. The molecule has 0 atom stereocenters. The van der Waals surface area contributed by atoms with E-state index in [-0.39, 0.29) is 13.2 Å². The highest BCUT2D eigenvalue weighted by Crippen LogP contribution is 2.31. The number of rotatable bonds is 8. The summed E-state index contributed by atoms with van der Waals surface area (Å²) in [5.41, 5.74) is 1.77. The van der Waals surface area contributed by atoms with Crippen molar-refractivity contribution in [1.82, 2.24) is 0 Å². The Kier molecular flexibility index (Phi) is 6.37. The largest absolute Gasteiger partial charge is 0.395 e. The molecule has 2 nitrogen and oxygen atoms in total. The van der Waals surface area contributed by atoms with E-state index < -0.39 is 5.41 Å². The van der Waals surface area contributed by atoms with E-state index in [0.717, 1.165) is 24.0 Å². The van der Waals surface area contributed by atoms with Crippen molar-refractivity contribution in [2.45, 2.75) is 51.4 Å². The molecule has 0 fully saturated rings. The first-order valence-electron chi connectivity index (χ1n) is 6.98. The van der Waals surface area contributed by atoms with Gasteiger partial charge in [0.1, 0.15) is 0 Å². The van der Waals surface area contributed by atoms with Crippen LogP contribution in [-0.4, -0.2) is 23.4 Å². The van der Waals surface area contributed by atoms with Gasteiger partial charge in [0.25, 0.3) is 0 Å². The SMILES string of the molecule is CCCCCCC(CO)(CO)c1ccccc1C. The molecule has 0 saturated carbocycles. The normalized spacial score (nSPS) is 11.8. The fourth-order valence-electron chi connectivity index (χ4n) is 2.57. The minimum atomic E-state index is -0.473. The van der Waals surface area contributed by atoms with E-state index in [2.05, 4.69) is 6.92 Å². The molecule has 0 heterocycles. The third-order valence-corrected chi connectivity index (χ3v) is 3.83. The number of aliphatic hydroxyl groups is 2. The molecule has 0 spiro atoms. The fourth-order valence-corrected chi connectivity index (χ4v) is 2.57. The summed E-state index contributed by atoms with van der Waals surface area (Å²) in [4.78, 5) is 0. The predicted octanol–water partition coefficient (Wildman–Crippen LogP) is 3.19. The molecule has 0 amide bonds. The average Bonchev–Trinajstić information content (AvgIpc) is 2.41. The number of hydrogen-bond donors (Lipinski definition) is 2. The molecule has 2 N–H and O–H groups in total. The number of aryl methyl sites for hydroxylation is 1. The van der Waals surface area contributed by atoms with Crippen LogP contribution in [0.5, 0.6) is 0 Å². The first kappa shape index (κ1) is 15.2. The second kappa shape index (κ2) is 7.55. The van der Waals surface area contributed by atoms with Gasteiger partial charge < -0.3 is 10.2 Å². The topological polar surface area (TPSA) is 40.5 Å². The minimum absolute atomic E-state index is 0.0144. The van der Waals surface area contributed by atoms with Crippen LogP contribution in [0.3, 0.4) is 0 Å². The van der Waals surface area contributed by atoms with Gasteiger partial charge in [-0.2, -0.15) is 0 Å². The van der Waals surface area contributed by atoms with Crippen molar-refractivity contribution < 1.29 is 10.2 Å². The third kappa shape index (κ3) is 3.56. The van der Waals surface area contributed by atoms with Crippen LogP contribution in [0.25, 0.3) is 0 Å². The highest BCUT2D eigenvalue weighted by atomic mass is 16.3. The Balaban J connectivity index is 2.83. The van der Waals surface area contributed by atoms with Gasteiger partial charge in [-0.3, -0.25) is 0 Å². The molecule has 2 heteroatoms. The molecular weight excluding hydrogens is 224 g/mol. The molecular formula is C16H26O2. The molecule has 0 aliphatic heterocycles. The van der Waals surface area contributed by atoms with E-state index in [0.29, 0.717) is 0 Å². The molecule has 0 bridgehead atoms. The maximum Gasteiger partial charge on any atom is 0.0550 e. The molecule has 0 aliphatic carbocycles. The quantitative estimate of drug-likeness (QED) is 0.696. The Morgan fingerprint density at radius 3 is 2.22 bits per heavy atom. The van der Waals surface area contributed by atoms with Gasteiger partial charge in [-0.05, 0) is 24.5 Å². The van der Waals surface area contributed by atoms with E-state index in [1.165, 1.54) is 19.3 Å². The van der Waals surface area contributed by atoms with Gasteiger partial charge in [0, 0.05) is 5.41 Å². The van der Waals surface area contributed by atoms with Crippen molar-refractivity contribution in [3.63, 3.8) is 0 Å². The van der Waals surface area contributed by atoms with Gasteiger partial charge in [0.05, 0.1) is 13.2 Å². The zero-order valence-electron chi connectivity index (χ0n) is 11.7. The van der Waals surface area contributed by atoms with Crippen molar-refractivity contribution in [2.24, 2.45) is 0 Å². The van der Waals surface area contributed by atoms with Crippen molar-refractivity contribution in [2.75, 3.05) is 13.2 Å². The molecule has 0 aliphatic rings. The van der Waals surface area contributed by atoms with Gasteiger partial charge in [0.2, 0.25) is 0 Å². The van der Waals surface area contributed by atoms with E-state index in [1.54, 1.807) is 0 Å². The predicted molar refractivity (Wildman–Crippen MR) is 75.8 cm³/mol. The van der Waals surface area contributed by atoms with Gasteiger partial charge in [-0.15, -0.1) is 0 Å². The lowest BCUT2D eigenvalue weighted by Gasteiger charge is -2.32. The van der Waals surface area contributed by atoms with E-state index in [9.17, 15) is 10.2 Å².